The van der Waals surface area contributed by atoms with Crippen LogP contribution in [0.2, 0.25) is 0 Å². The molecule has 2 fully saturated rings. The quantitative estimate of drug-likeness (QED) is 0.0410. The number of carbonyl (C=O) groups excluding carboxylic acids is 6. The second-order valence-corrected chi connectivity index (χ2v) is 15.8. The number of rotatable bonds is 19. The van der Waals surface area contributed by atoms with Crippen LogP contribution in [0, 0.1) is 0 Å². The second-order valence-electron chi connectivity index (χ2n) is 15.8. The number of hydrogen-bond donors (Lipinski definition) is 1. The van der Waals surface area contributed by atoms with E-state index in [-0.39, 0.29) is 36.7 Å². The van der Waals surface area contributed by atoms with E-state index in [0.717, 1.165) is 45.7 Å². The Hall–Kier alpha value is -7.29. The maximum absolute atomic E-state index is 13.7. The summed E-state index contributed by atoms with van der Waals surface area (Å²) in [5, 5.41) is 6.79. The Labute approximate surface area is 396 Å². The van der Waals surface area contributed by atoms with Crippen LogP contribution in [0.4, 0.5) is 0 Å². The number of fused-ring (bicyclic) bond motifs is 2. The van der Waals surface area contributed by atoms with Crippen LogP contribution in [0.5, 0.6) is 11.5 Å². The molecule has 3 aromatic rings. The topological polar surface area (TPSA) is 265 Å². The van der Waals surface area contributed by atoms with Crippen LogP contribution >= 0.6 is 0 Å². The lowest BCUT2D eigenvalue weighted by atomic mass is 9.85. The maximum atomic E-state index is 13.7. The summed E-state index contributed by atoms with van der Waals surface area (Å²) in [6.07, 6.45) is -10.1. The molecule has 3 heterocycles. The van der Waals surface area contributed by atoms with Gasteiger partial charge in [-0.1, -0.05) is 72.9 Å². The normalized spacial score (nSPS) is 25.6. The Bertz CT molecular complexity index is 2440. The van der Waals surface area contributed by atoms with Gasteiger partial charge < -0.3 is 57.4 Å². The highest BCUT2D eigenvalue weighted by Crippen LogP contribution is 2.53. The van der Waals surface area contributed by atoms with Crippen molar-refractivity contribution in [2.45, 2.75) is 102 Å². The first-order valence-corrected chi connectivity index (χ1v) is 21.7. The summed E-state index contributed by atoms with van der Waals surface area (Å²) in [5.41, 5.74) is 12.8. The van der Waals surface area contributed by atoms with Crippen molar-refractivity contribution < 1.29 is 80.9 Å². The molecule has 366 valence electrons. The van der Waals surface area contributed by atoms with Crippen LogP contribution in [0.3, 0.4) is 0 Å². The first-order chi connectivity index (χ1) is 33.1. The van der Waals surface area contributed by atoms with Gasteiger partial charge in [0, 0.05) is 57.7 Å². The number of nitrogens with zero attached hydrogens (tertiary/aromatic N) is 3. The molecule has 21 nitrogen and oxygen atoms in total. The first kappa shape index (κ1) is 51.1. The zero-order valence-corrected chi connectivity index (χ0v) is 38.4. The molecule has 21 heteroatoms. The van der Waals surface area contributed by atoms with Crippen molar-refractivity contribution in [1.29, 1.82) is 0 Å². The number of azide groups is 1. The van der Waals surface area contributed by atoms with E-state index in [1.165, 1.54) is 18.2 Å². The van der Waals surface area contributed by atoms with Gasteiger partial charge in [0.1, 0.15) is 55.7 Å². The van der Waals surface area contributed by atoms with Gasteiger partial charge in [0.2, 0.25) is 5.79 Å². The average Bonchev–Trinajstić information content (AvgIpc) is 3.68. The average molecular weight is 957 g/mol. The van der Waals surface area contributed by atoms with E-state index in [1.54, 1.807) is 30.3 Å². The molecule has 0 saturated carbocycles. The Kier molecular flexibility index (Phi) is 17.1. The lowest BCUT2D eigenvalue weighted by molar-refractivity contribution is -0.378. The summed E-state index contributed by atoms with van der Waals surface area (Å²) < 4.78 is 66.5. The minimum absolute atomic E-state index is 0.0232. The molecule has 3 aliphatic heterocycles. The molecule has 8 unspecified atom stereocenters. The van der Waals surface area contributed by atoms with Gasteiger partial charge in [0.25, 0.3) is 5.91 Å². The van der Waals surface area contributed by atoms with Crippen LogP contribution in [0.25, 0.3) is 21.6 Å². The number of benzene rings is 3. The smallest absolute Gasteiger partial charge is 0.303 e. The molecule has 0 aliphatic carbocycles. The van der Waals surface area contributed by atoms with Crippen molar-refractivity contribution in [3.8, 4) is 22.6 Å². The van der Waals surface area contributed by atoms with Crippen molar-refractivity contribution in [2.24, 2.45) is 5.11 Å². The molecule has 69 heavy (non-hydrogen) atoms. The third kappa shape index (κ3) is 12.2. The van der Waals surface area contributed by atoms with Gasteiger partial charge in [-0.05, 0) is 40.4 Å². The van der Waals surface area contributed by atoms with Gasteiger partial charge in [0.05, 0.1) is 12.2 Å². The first-order valence-electron chi connectivity index (χ1n) is 21.7. The van der Waals surface area contributed by atoms with Gasteiger partial charge in [-0.2, -0.15) is 0 Å². The largest absolute Gasteiger partial charge is 0.489 e. The summed E-state index contributed by atoms with van der Waals surface area (Å²) in [5.74, 6) is -6.59. The SMILES string of the molecule is C=CCOc1cc2c(c(OCC=C)c1)C1(OC2)O[C@H](COC(C)=O)C(OC2O[C@H](CNC(=O)c3ccc(-c4ccccc4)cc3)C(OC(C)=O)C(OC(C)=O)C2OC(C)=O)C(N=[N+]=[N-])C1OC(C)=O. The monoisotopic (exact) mass is 956 g/mol. The van der Waals surface area contributed by atoms with Gasteiger partial charge in [-0.25, -0.2) is 0 Å². The zero-order chi connectivity index (χ0) is 49.8. The van der Waals surface area contributed by atoms with Gasteiger partial charge in [-0.15, -0.1) is 0 Å². The van der Waals surface area contributed by atoms with Crippen LogP contribution in [0.1, 0.15) is 56.1 Å². The molecule has 2 saturated heterocycles. The molecular weight excluding hydrogens is 905 g/mol. The van der Waals surface area contributed by atoms with Crippen molar-refractivity contribution in [3.05, 3.63) is 119 Å². The highest BCUT2D eigenvalue weighted by atomic mass is 16.8. The fourth-order valence-corrected chi connectivity index (χ4v) is 8.24. The number of hydrogen-bond acceptors (Lipinski definition) is 18. The highest BCUT2D eigenvalue weighted by Gasteiger charge is 2.64. The molecule has 1 N–H and O–H groups in total. The van der Waals surface area contributed by atoms with Crippen molar-refractivity contribution >= 4 is 35.8 Å². The van der Waals surface area contributed by atoms with Crippen molar-refractivity contribution in [2.75, 3.05) is 26.4 Å². The van der Waals surface area contributed by atoms with Crippen LogP contribution in [-0.4, -0.2) is 117 Å². The summed E-state index contributed by atoms with van der Waals surface area (Å²) in [4.78, 5) is 80.5. The van der Waals surface area contributed by atoms with Gasteiger partial charge >= 0.3 is 29.8 Å². The highest BCUT2D eigenvalue weighted by molar-refractivity contribution is 5.94. The van der Waals surface area contributed by atoms with Crippen LogP contribution < -0.4 is 14.8 Å². The molecule has 10 atom stereocenters. The Morgan fingerprint density at radius 1 is 0.768 bits per heavy atom. The summed E-state index contributed by atoms with van der Waals surface area (Å²) >= 11 is 0. The van der Waals surface area contributed by atoms with Crippen molar-refractivity contribution in [3.63, 3.8) is 0 Å². The lowest BCUT2D eigenvalue weighted by Crippen LogP contribution is -2.68. The standard InChI is InChI=1S/C48H52N4O17/c1-8-19-59-35-21-34-24-62-48(39(34)36(22-35)60-20-9-2)45(66-30(7)57)40(51-52-49)41(38(69-48)25-61-26(3)53)68-47-44(65-29(6)56)43(64-28(5)55)42(63-27(4)54)37(67-47)23-50-46(58)33-17-15-32(16-18-33)31-13-11-10-12-14-31/h8-18,21-22,37-38,40-45,47H,1-2,19-20,23-25H2,3-7H3,(H,50,58)/t37-,38-,40?,41?,42?,43?,44?,45?,47?,48?/m1/s1. The predicted octanol–water partition coefficient (Wildman–Crippen LogP) is 5.07. The molecule has 1 spiro atoms. The van der Waals surface area contributed by atoms with Crippen LogP contribution in [0.15, 0.2) is 97.2 Å². The minimum atomic E-state index is -2.16. The van der Waals surface area contributed by atoms with E-state index in [9.17, 15) is 34.3 Å². The van der Waals surface area contributed by atoms with E-state index in [2.05, 4.69) is 28.5 Å². The molecule has 0 aromatic heterocycles. The van der Waals surface area contributed by atoms with Crippen molar-refractivity contribution in [1.82, 2.24) is 5.32 Å². The van der Waals surface area contributed by atoms with Crippen LogP contribution in [-0.2, 0) is 79.0 Å². The molecule has 6 rings (SSSR count). The summed E-state index contributed by atoms with van der Waals surface area (Å²) in [6.45, 7) is 11.7. The number of ether oxygens (including phenoxy) is 11. The van der Waals surface area contributed by atoms with E-state index >= 15 is 0 Å². The predicted molar refractivity (Wildman–Crippen MR) is 239 cm³/mol. The number of amides is 1. The van der Waals surface area contributed by atoms with E-state index in [4.69, 9.17) is 52.1 Å². The van der Waals surface area contributed by atoms with E-state index in [0.29, 0.717) is 11.3 Å². The number of esters is 5. The fourth-order valence-electron chi connectivity index (χ4n) is 8.24. The number of nitrogens with one attached hydrogen (secondary N) is 1. The molecule has 3 aromatic carbocycles. The van der Waals surface area contributed by atoms with Gasteiger partial charge in [0.15, 0.2) is 30.7 Å². The summed E-state index contributed by atoms with van der Waals surface area (Å²) in [7, 11) is 0. The molecular formula is C48H52N4O17. The molecule has 0 radical (unpaired) electrons. The third-order valence-corrected chi connectivity index (χ3v) is 10.8. The minimum Gasteiger partial charge on any atom is -0.489 e. The van der Waals surface area contributed by atoms with E-state index < -0.39 is 110 Å². The number of carbonyl (C=O) groups is 6. The molecule has 1 amide bonds. The third-order valence-electron chi connectivity index (χ3n) is 10.8. The second kappa shape index (κ2) is 23.1. The maximum Gasteiger partial charge on any atom is 0.303 e. The molecule has 3 aliphatic rings. The zero-order valence-electron chi connectivity index (χ0n) is 38.4. The summed E-state index contributed by atoms with van der Waals surface area (Å²) in [6, 6.07) is 17.7. The lowest BCUT2D eigenvalue weighted by Gasteiger charge is -2.51. The Morgan fingerprint density at radius 3 is 2.01 bits per heavy atom. The fraction of sp³-hybridized carbons (Fsp3) is 0.417. The Morgan fingerprint density at radius 2 is 1.39 bits per heavy atom. The Balaban J connectivity index is 1.43. The molecule has 0 bridgehead atoms. The van der Waals surface area contributed by atoms with E-state index in [1.807, 2.05) is 30.3 Å². The van der Waals surface area contributed by atoms with Gasteiger partial charge in [-0.3, -0.25) is 28.8 Å².